The lowest BCUT2D eigenvalue weighted by Crippen LogP contribution is -2.37. The molecule has 0 radical (unpaired) electrons. The number of imidazole rings is 1. The van der Waals surface area contributed by atoms with E-state index in [1.165, 1.54) is 18.4 Å². The highest BCUT2D eigenvalue weighted by molar-refractivity contribution is 6.30. The van der Waals surface area contributed by atoms with Crippen LogP contribution in [-0.2, 0) is 4.74 Å². The number of halogens is 2. The Bertz CT molecular complexity index is 1310. The van der Waals surface area contributed by atoms with Crippen LogP contribution in [0.4, 0.5) is 17.5 Å². The second kappa shape index (κ2) is 9.41. The summed E-state index contributed by atoms with van der Waals surface area (Å²) in [5.41, 5.74) is 5.07. The predicted molar refractivity (Wildman–Crippen MR) is 139 cm³/mol. The summed E-state index contributed by atoms with van der Waals surface area (Å²) in [5, 5.41) is 4.12. The molecule has 0 spiro atoms. The Morgan fingerprint density at radius 3 is 2.47 bits per heavy atom. The number of nitrogens with zero attached hydrogens (tertiary/aromatic N) is 5. The van der Waals surface area contributed by atoms with Crippen molar-refractivity contribution in [3.05, 3.63) is 59.4 Å². The maximum atomic E-state index is 6.06. The van der Waals surface area contributed by atoms with Gasteiger partial charge in [0.05, 0.1) is 29.9 Å². The van der Waals surface area contributed by atoms with Gasteiger partial charge >= 0.3 is 0 Å². The van der Waals surface area contributed by atoms with E-state index in [-0.39, 0.29) is 12.4 Å². The van der Waals surface area contributed by atoms with Gasteiger partial charge in [0.1, 0.15) is 11.6 Å². The van der Waals surface area contributed by atoms with Crippen molar-refractivity contribution in [3.63, 3.8) is 0 Å². The lowest BCUT2D eigenvalue weighted by Gasteiger charge is -2.27. The molecule has 6 rings (SSSR count). The number of rotatable bonds is 5. The Morgan fingerprint density at radius 1 is 0.971 bits per heavy atom. The summed E-state index contributed by atoms with van der Waals surface area (Å²) in [5.74, 6) is 2.53. The highest BCUT2D eigenvalue weighted by atomic mass is 35.5. The quantitative estimate of drug-likeness (QED) is 0.376. The van der Waals surface area contributed by atoms with Crippen LogP contribution in [0.3, 0.4) is 0 Å². The van der Waals surface area contributed by atoms with Crippen molar-refractivity contribution in [2.45, 2.75) is 25.8 Å². The smallest absolute Gasteiger partial charge is 0.228 e. The number of hydrogen-bond donors (Lipinski definition) is 1. The summed E-state index contributed by atoms with van der Waals surface area (Å²) in [7, 11) is 0. The summed E-state index contributed by atoms with van der Waals surface area (Å²) in [6.45, 7) is 5.00. The van der Waals surface area contributed by atoms with Crippen LogP contribution in [-0.4, -0.2) is 45.8 Å². The Hall–Kier alpha value is -2.87. The second-order valence-electron chi connectivity index (χ2n) is 8.63. The monoisotopic (exact) mass is 496 g/mol. The molecule has 7 nitrogen and oxygen atoms in total. The van der Waals surface area contributed by atoms with Crippen molar-refractivity contribution in [1.82, 2.24) is 19.5 Å². The Labute approximate surface area is 209 Å². The molecule has 0 bridgehead atoms. The van der Waals surface area contributed by atoms with Gasteiger partial charge in [-0.2, -0.15) is 4.98 Å². The van der Waals surface area contributed by atoms with Gasteiger partial charge < -0.3 is 19.5 Å². The van der Waals surface area contributed by atoms with Crippen molar-refractivity contribution in [2.24, 2.45) is 0 Å². The van der Waals surface area contributed by atoms with Gasteiger partial charge in [-0.15, -0.1) is 12.4 Å². The third kappa shape index (κ3) is 4.56. The zero-order valence-corrected chi connectivity index (χ0v) is 20.4. The number of aryl methyl sites for hydroxylation is 1. The van der Waals surface area contributed by atoms with E-state index in [4.69, 9.17) is 31.3 Å². The molecule has 0 amide bonds. The van der Waals surface area contributed by atoms with E-state index in [0.717, 1.165) is 47.2 Å². The topological polar surface area (TPSA) is 68.1 Å². The molecule has 2 aromatic carbocycles. The normalized spacial score (nSPS) is 15.9. The van der Waals surface area contributed by atoms with E-state index < -0.39 is 0 Å². The summed E-state index contributed by atoms with van der Waals surface area (Å²) in [4.78, 5) is 16.7. The molecule has 2 aliphatic rings. The predicted octanol–water partition coefficient (Wildman–Crippen LogP) is 5.79. The summed E-state index contributed by atoms with van der Waals surface area (Å²) >= 11 is 6.06. The van der Waals surface area contributed by atoms with E-state index in [1.807, 2.05) is 30.3 Å². The number of aromatic nitrogens is 4. The zero-order valence-electron chi connectivity index (χ0n) is 18.9. The average Bonchev–Trinajstić information content (AvgIpc) is 3.62. The number of nitrogens with one attached hydrogen (secondary N) is 1. The Balaban J connectivity index is 0.00000241. The standard InChI is InChI=1S/C25H25ClN6O.ClH/c1-16-27-21-9-2-17(14-23(21)32(16)20-7-8-20)22-15-24(28-19-5-3-18(26)4-6-19)30-25(29-22)31-10-12-33-13-11-31;/h2-6,9,14-15,20H,7-8,10-13H2,1H3,(H,28,29,30);1H. The van der Waals surface area contributed by atoms with Crippen LogP contribution in [0.1, 0.15) is 24.7 Å². The van der Waals surface area contributed by atoms with Gasteiger partial charge in [0.2, 0.25) is 5.95 Å². The van der Waals surface area contributed by atoms with Crippen molar-refractivity contribution >= 4 is 52.5 Å². The van der Waals surface area contributed by atoms with Gasteiger partial charge in [0.15, 0.2) is 0 Å². The molecule has 34 heavy (non-hydrogen) atoms. The van der Waals surface area contributed by atoms with E-state index in [9.17, 15) is 0 Å². The maximum Gasteiger partial charge on any atom is 0.228 e. The summed E-state index contributed by atoms with van der Waals surface area (Å²) < 4.78 is 7.90. The van der Waals surface area contributed by atoms with Gasteiger partial charge in [-0.25, -0.2) is 9.97 Å². The third-order valence-electron chi connectivity index (χ3n) is 6.20. The van der Waals surface area contributed by atoms with Crippen molar-refractivity contribution < 1.29 is 4.74 Å². The maximum absolute atomic E-state index is 6.06. The van der Waals surface area contributed by atoms with E-state index >= 15 is 0 Å². The fraction of sp³-hybridized carbons (Fsp3) is 0.320. The van der Waals surface area contributed by atoms with Crippen molar-refractivity contribution in [3.8, 4) is 11.3 Å². The van der Waals surface area contributed by atoms with Crippen LogP contribution in [0.25, 0.3) is 22.3 Å². The first-order valence-corrected chi connectivity index (χ1v) is 11.8. The number of hydrogen-bond acceptors (Lipinski definition) is 6. The van der Waals surface area contributed by atoms with Gasteiger partial charge in [-0.05, 0) is 56.2 Å². The minimum Gasteiger partial charge on any atom is -0.378 e. The molecule has 1 aliphatic carbocycles. The van der Waals surface area contributed by atoms with E-state index in [2.05, 4.69) is 39.9 Å². The van der Waals surface area contributed by atoms with Crippen LogP contribution < -0.4 is 10.2 Å². The minimum absolute atomic E-state index is 0. The average molecular weight is 497 g/mol. The van der Waals surface area contributed by atoms with Crippen LogP contribution in [0.15, 0.2) is 48.5 Å². The molecule has 1 aliphatic heterocycles. The highest BCUT2D eigenvalue weighted by Crippen LogP contribution is 2.39. The molecule has 4 aromatic rings. The molecule has 0 unspecified atom stereocenters. The molecule has 1 N–H and O–H groups in total. The first-order valence-electron chi connectivity index (χ1n) is 11.4. The van der Waals surface area contributed by atoms with E-state index in [0.29, 0.717) is 30.2 Å². The molecule has 2 aromatic heterocycles. The molecule has 2 fully saturated rings. The highest BCUT2D eigenvalue weighted by Gasteiger charge is 2.27. The fourth-order valence-electron chi connectivity index (χ4n) is 4.40. The largest absolute Gasteiger partial charge is 0.378 e. The number of fused-ring (bicyclic) bond motifs is 1. The molecule has 9 heteroatoms. The molecule has 3 heterocycles. The van der Waals surface area contributed by atoms with Crippen LogP contribution >= 0.6 is 24.0 Å². The molecule has 176 valence electrons. The molecular formula is C25H26Cl2N6O. The molecule has 1 saturated carbocycles. The summed E-state index contributed by atoms with van der Waals surface area (Å²) in [6.07, 6.45) is 2.45. The Morgan fingerprint density at radius 2 is 1.74 bits per heavy atom. The second-order valence-corrected chi connectivity index (χ2v) is 9.07. The summed E-state index contributed by atoms with van der Waals surface area (Å²) in [6, 6.07) is 16.6. The zero-order chi connectivity index (χ0) is 22.4. The van der Waals surface area contributed by atoms with Gasteiger partial charge in [-0.3, -0.25) is 0 Å². The molecule has 1 saturated heterocycles. The molecule has 0 atom stereocenters. The first-order chi connectivity index (χ1) is 16.1. The number of morpholine rings is 1. The van der Waals surface area contributed by atoms with E-state index in [1.54, 1.807) is 0 Å². The van der Waals surface area contributed by atoms with Gasteiger partial charge in [0.25, 0.3) is 0 Å². The van der Waals surface area contributed by atoms with Crippen LogP contribution in [0.5, 0.6) is 0 Å². The first kappa shape index (κ1) is 22.9. The van der Waals surface area contributed by atoms with Crippen LogP contribution in [0, 0.1) is 6.92 Å². The lowest BCUT2D eigenvalue weighted by molar-refractivity contribution is 0.122. The SMILES string of the molecule is Cc1nc2ccc(-c3cc(Nc4ccc(Cl)cc4)nc(N4CCOCC4)n3)cc2n1C1CC1.Cl. The van der Waals surface area contributed by atoms with Gasteiger partial charge in [-0.1, -0.05) is 17.7 Å². The number of ether oxygens (including phenoxy) is 1. The van der Waals surface area contributed by atoms with Gasteiger partial charge in [0, 0.05) is 41.5 Å². The number of benzene rings is 2. The lowest BCUT2D eigenvalue weighted by atomic mass is 10.1. The fourth-order valence-corrected chi connectivity index (χ4v) is 4.52. The third-order valence-corrected chi connectivity index (χ3v) is 6.45. The molecular weight excluding hydrogens is 471 g/mol. The van der Waals surface area contributed by atoms with Crippen molar-refractivity contribution in [1.29, 1.82) is 0 Å². The van der Waals surface area contributed by atoms with Crippen LogP contribution in [0.2, 0.25) is 5.02 Å². The Kier molecular flexibility index (Phi) is 6.34. The number of anilines is 3. The van der Waals surface area contributed by atoms with Crippen molar-refractivity contribution in [2.75, 3.05) is 36.5 Å². The minimum atomic E-state index is 0.